The fourth-order valence-corrected chi connectivity index (χ4v) is 3.37. The molecule has 1 aromatic rings. The number of ketones is 1. The topological polar surface area (TPSA) is 43.4 Å². The standard InChI is InChI=1S/C14H12O3S2/c1-2-17-13(16)11(14-18-8-9-19-14)12(15)10-6-4-3-5-7-10/h3-9H,2H2,1H3. The normalized spacial score (nSPS) is 13.4. The Morgan fingerprint density at radius 1 is 1.11 bits per heavy atom. The van der Waals surface area contributed by atoms with Crippen molar-refractivity contribution in [1.82, 2.24) is 0 Å². The van der Waals surface area contributed by atoms with Gasteiger partial charge in [0.15, 0.2) is 0 Å². The maximum absolute atomic E-state index is 12.4. The molecule has 0 bridgehead atoms. The van der Waals surface area contributed by atoms with E-state index < -0.39 is 5.97 Å². The molecule has 0 aromatic heterocycles. The highest BCUT2D eigenvalue weighted by Gasteiger charge is 2.26. The third kappa shape index (κ3) is 3.30. The Kier molecular flexibility index (Phi) is 4.87. The quantitative estimate of drug-likeness (QED) is 0.279. The van der Waals surface area contributed by atoms with Crippen molar-refractivity contribution >= 4 is 35.3 Å². The zero-order valence-electron chi connectivity index (χ0n) is 10.3. The highest BCUT2D eigenvalue weighted by molar-refractivity contribution is 8.27. The predicted molar refractivity (Wildman–Crippen MR) is 78.8 cm³/mol. The molecular formula is C14H12O3S2. The predicted octanol–water partition coefficient (Wildman–Crippen LogP) is 3.60. The van der Waals surface area contributed by atoms with E-state index in [0.29, 0.717) is 9.80 Å². The molecule has 1 aliphatic rings. The lowest BCUT2D eigenvalue weighted by Gasteiger charge is -2.08. The van der Waals surface area contributed by atoms with Crippen LogP contribution in [0, 0.1) is 0 Å². The first-order valence-electron chi connectivity index (χ1n) is 5.73. The van der Waals surface area contributed by atoms with E-state index in [1.54, 1.807) is 31.2 Å². The summed E-state index contributed by atoms with van der Waals surface area (Å²) in [6.07, 6.45) is 0. The third-order valence-electron chi connectivity index (χ3n) is 2.35. The molecule has 0 radical (unpaired) electrons. The van der Waals surface area contributed by atoms with Gasteiger partial charge in [0, 0.05) is 5.56 Å². The number of ether oxygens (including phenoxy) is 1. The number of thioether (sulfide) groups is 2. The molecule has 3 nitrogen and oxygen atoms in total. The largest absolute Gasteiger partial charge is 0.462 e. The fourth-order valence-electron chi connectivity index (χ4n) is 1.53. The van der Waals surface area contributed by atoms with E-state index in [-0.39, 0.29) is 18.0 Å². The highest BCUT2D eigenvalue weighted by atomic mass is 32.2. The first-order chi connectivity index (χ1) is 9.24. The van der Waals surface area contributed by atoms with Crippen LogP contribution in [0.3, 0.4) is 0 Å². The summed E-state index contributed by atoms with van der Waals surface area (Å²) in [4.78, 5) is 24.4. The third-order valence-corrected chi connectivity index (χ3v) is 4.48. The van der Waals surface area contributed by atoms with Crippen LogP contribution in [0.5, 0.6) is 0 Å². The molecule has 0 atom stereocenters. The second-order valence-corrected chi connectivity index (χ2v) is 5.68. The average molecular weight is 292 g/mol. The van der Waals surface area contributed by atoms with Gasteiger partial charge in [-0.15, -0.1) is 0 Å². The van der Waals surface area contributed by atoms with Gasteiger partial charge >= 0.3 is 5.97 Å². The van der Waals surface area contributed by atoms with Gasteiger partial charge in [-0.05, 0) is 17.7 Å². The number of rotatable bonds is 4. The van der Waals surface area contributed by atoms with Gasteiger partial charge in [-0.25, -0.2) is 4.79 Å². The number of carbonyl (C=O) groups excluding carboxylic acids is 2. The van der Waals surface area contributed by atoms with E-state index in [1.807, 2.05) is 16.9 Å². The van der Waals surface area contributed by atoms with Gasteiger partial charge in [0.05, 0.1) is 10.8 Å². The molecule has 0 amide bonds. The fraction of sp³-hybridized carbons (Fsp3) is 0.143. The number of esters is 1. The van der Waals surface area contributed by atoms with Crippen LogP contribution in [-0.2, 0) is 9.53 Å². The van der Waals surface area contributed by atoms with Crippen molar-refractivity contribution in [2.45, 2.75) is 6.92 Å². The molecule has 1 aliphatic heterocycles. The van der Waals surface area contributed by atoms with Crippen LogP contribution in [-0.4, -0.2) is 18.4 Å². The summed E-state index contributed by atoms with van der Waals surface area (Å²) >= 11 is 2.74. The SMILES string of the molecule is CCOC(=O)C(C(=O)c1ccccc1)=C1SC=CS1. The summed E-state index contributed by atoms with van der Waals surface area (Å²) < 4.78 is 5.66. The van der Waals surface area contributed by atoms with Crippen molar-refractivity contribution in [3.05, 3.63) is 56.5 Å². The van der Waals surface area contributed by atoms with Crippen molar-refractivity contribution in [2.24, 2.45) is 0 Å². The molecule has 5 heteroatoms. The first kappa shape index (κ1) is 14.0. The van der Waals surface area contributed by atoms with Crippen molar-refractivity contribution in [2.75, 3.05) is 6.61 Å². The van der Waals surface area contributed by atoms with E-state index in [1.165, 1.54) is 23.5 Å². The van der Waals surface area contributed by atoms with E-state index in [4.69, 9.17) is 4.74 Å². The maximum Gasteiger partial charge on any atom is 0.343 e. The Labute approximate surface area is 120 Å². The maximum atomic E-state index is 12.4. The minimum atomic E-state index is -0.560. The Hall–Kier alpha value is -1.46. The average Bonchev–Trinajstić information content (AvgIpc) is 2.94. The van der Waals surface area contributed by atoms with Crippen molar-refractivity contribution < 1.29 is 14.3 Å². The number of benzene rings is 1. The number of Topliss-reactive ketones (excluding diaryl/α,β-unsaturated/α-hetero) is 1. The monoisotopic (exact) mass is 292 g/mol. The summed E-state index contributed by atoms with van der Waals surface area (Å²) in [6, 6.07) is 8.76. The van der Waals surface area contributed by atoms with E-state index in [9.17, 15) is 9.59 Å². The molecule has 0 spiro atoms. The van der Waals surface area contributed by atoms with Crippen LogP contribution in [0.4, 0.5) is 0 Å². The molecule has 0 saturated carbocycles. The molecule has 98 valence electrons. The smallest absolute Gasteiger partial charge is 0.343 e. The Morgan fingerprint density at radius 3 is 2.32 bits per heavy atom. The summed E-state index contributed by atoms with van der Waals surface area (Å²) in [5.41, 5.74) is 0.610. The molecule has 0 N–H and O–H groups in total. The van der Waals surface area contributed by atoms with Crippen molar-refractivity contribution in [3.63, 3.8) is 0 Å². The molecule has 0 saturated heterocycles. The molecule has 2 rings (SSSR count). The van der Waals surface area contributed by atoms with Crippen LogP contribution in [0.2, 0.25) is 0 Å². The number of hydrogen-bond donors (Lipinski definition) is 0. The van der Waals surface area contributed by atoms with Crippen LogP contribution < -0.4 is 0 Å². The van der Waals surface area contributed by atoms with Gasteiger partial charge in [-0.2, -0.15) is 0 Å². The van der Waals surface area contributed by atoms with E-state index in [0.717, 1.165) is 0 Å². The van der Waals surface area contributed by atoms with Gasteiger partial charge in [0.2, 0.25) is 5.78 Å². The van der Waals surface area contributed by atoms with Gasteiger partial charge < -0.3 is 4.74 Å². The molecule has 19 heavy (non-hydrogen) atoms. The van der Waals surface area contributed by atoms with Gasteiger partial charge in [0.25, 0.3) is 0 Å². The molecule has 0 fully saturated rings. The molecule has 1 aromatic carbocycles. The lowest BCUT2D eigenvalue weighted by molar-refractivity contribution is -0.138. The summed E-state index contributed by atoms with van der Waals surface area (Å²) in [7, 11) is 0. The summed E-state index contributed by atoms with van der Waals surface area (Å²) in [6.45, 7) is 1.97. The number of hydrogen-bond acceptors (Lipinski definition) is 5. The molecule has 1 heterocycles. The van der Waals surface area contributed by atoms with E-state index >= 15 is 0 Å². The van der Waals surface area contributed by atoms with Crippen LogP contribution >= 0.6 is 23.5 Å². The van der Waals surface area contributed by atoms with Crippen molar-refractivity contribution in [1.29, 1.82) is 0 Å². The second-order valence-electron chi connectivity index (χ2n) is 3.59. The lowest BCUT2D eigenvalue weighted by Crippen LogP contribution is -2.17. The summed E-state index contributed by atoms with van der Waals surface area (Å²) in [5, 5.41) is 3.69. The second kappa shape index (κ2) is 6.63. The minimum Gasteiger partial charge on any atom is -0.462 e. The van der Waals surface area contributed by atoms with Gasteiger partial charge in [0.1, 0.15) is 5.57 Å². The lowest BCUT2D eigenvalue weighted by atomic mass is 10.1. The van der Waals surface area contributed by atoms with E-state index in [2.05, 4.69) is 0 Å². The summed E-state index contributed by atoms with van der Waals surface area (Å²) in [5.74, 6) is -0.854. The minimum absolute atomic E-state index is 0.119. The Balaban J connectivity index is 2.36. The van der Waals surface area contributed by atoms with Crippen molar-refractivity contribution in [3.8, 4) is 0 Å². The van der Waals surface area contributed by atoms with Crippen LogP contribution in [0.15, 0.2) is 51.0 Å². The molecular weight excluding hydrogens is 280 g/mol. The highest BCUT2D eigenvalue weighted by Crippen LogP contribution is 2.40. The molecule has 0 aliphatic carbocycles. The molecule has 0 unspecified atom stereocenters. The van der Waals surface area contributed by atoms with Gasteiger partial charge in [-0.1, -0.05) is 53.9 Å². The van der Waals surface area contributed by atoms with Crippen LogP contribution in [0.1, 0.15) is 17.3 Å². The first-order valence-corrected chi connectivity index (χ1v) is 7.49. The Morgan fingerprint density at radius 2 is 1.74 bits per heavy atom. The Bertz CT molecular complexity index is 537. The van der Waals surface area contributed by atoms with Crippen LogP contribution in [0.25, 0.3) is 0 Å². The number of carbonyl (C=O) groups is 2. The zero-order chi connectivity index (χ0) is 13.7. The van der Waals surface area contributed by atoms with Gasteiger partial charge in [-0.3, -0.25) is 4.79 Å². The zero-order valence-corrected chi connectivity index (χ0v) is 11.9.